The van der Waals surface area contributed by atoms with Gasteiger partial charge in [-0.25, -0.2) is 18.1 Å². The zero-order chi connectivity index (χ0) is 14.1. The van der Waals surface area contributed by atoms with E-state index in [0.717, 1.165) is 13.0 Å². The van der Waals surface area contributed by atoms with Gasteiger partial charge in [0, 0.05) is 32.0 Å². The quantitative estimate of drug-likeness (QED) is 0.667. The van der Waals surface area contributed by atoms with Crippen molar-refractivity contribution in [2.75, 3.05) is 31.6 Å². The molecule has 0 aromatic carbocycles. The lowest BCUT2D eigenvalue weighted by atomic mass is 10.4. The van der Waals surface area contributed by atoms with Gasteiger partial charge in [-0.15, -0.1) is 0 Å². The Kier molecular flexibility index (Phi) is 6.75. The van der Waals surface area contributed by atoms with Gasteiger partial charge in [-0.1, -0.05) is 6.92 Å². The Bertz CT molecular complexity index is 477. The highest BCUT2D eigenvalue weighted by Crippen LogP contribution is 2.12. The van der Waals surface area contributed by atoms with Crippen LogP contribution < -0.4 is 10.0 Å². The van der Waals surface area contributed by atoms with Crippen LogP contribution >= 0.6 is 0 Å². The summed E-state index contributed by atoms with van der Waals surface area (Å²) in [6.45, 7) is 5.85. The highest BCUT2D eigenvalue weighted by molar-refractivity contribution is 7.89. The zero-order valence-corrected chi connectivity index (χ0v) is 12.2. The monoisotopic (exact) mass is 287 g/mol. The summed E-state index contributed by atoms with van der Waals surface area (Å²) in [6, 6.07) is 3.00. The van der Waals surface area contributed by atoms with E-state index in [9.17, 15) is 8.42 Å². The fourth-order valence-corrected chi connectivity index (χ4v) is 2.43. The van der Waals surface area contributed by atoms with Crippen LogP contribution in [0.5, 0.6) is 0 Å². The molecule has 1 heterocycles. The molecule has 0 atom stereocenters. The summed E-state index contributed by atoms with van der Waals surface area (Å²) in [5.41, 5.74) is 0. The number of pyridine rings is 1. The molecule has 0 bridgehead atoms. The molecule has 0 radical (unpaired) electrons. The average Bonchev–Trinajstić information content (AvgIpc) is 2.42. The smallest absolute Gasteiger partial charge is 0.240 e. The molecule has 7 heteroatoms. The number of ether oxygens (including phenoxy) is 1. The van der Waals surface area contributed by atoms with E-state index in [1.54, 1.807) is 0 Å². The van der Waals surface area contributed by atoms with Crippen LogP contribution in [0.3, 0.4) is 0 Å². The maximum absolute atomic E-state index is 12.0. The molecule has 6 nitrogen and oxygen atoms in total. The lowest BCUT2D eigenvalue weighted by molar-refractivity contribution is 0.153. The van der Waals surface area contributed by atoms with E-state index in [2.05, 4.69) is 15.0 Å². The number of nitrogens with one attached hydrogen (secondary N) is 2. The average molecular weight is 287 g/mol. The number of hydrogen-bond acceptors (Lipinski definition) is 5. The molecule has 1 aromatic heterocycles. The van der Waals surface area contributed by atoms with Gasteiger partial charge in [0.1, 0.15) is 5.82 Å². The molecular formula is C12H21N3O3S. The number of nitrogens with zero attached hydrogens (tertiary/aromatic N) is 1. The number of aromatic nitrogens is 1. The second kappa shape index (κ2) is 8.08. The van der Waals surface area contributed by atoms with E-state index in [0.29, 0.717) is 19.0 Å². The first-order valence-corrected chi connectivity index (χ1v) is 7.85. The predicted octanol–water partition coefficient (Wildman–Crippen LogP) is 1.22. The Morgan fingerprint density at radius 1 is 1.32 bits per heavy atom. The molecule has 0 aliphatic carbocycles. The molecule has 0 fully saturated rings. The van der Waals surface area contributed by atoms with Crippen LogP contribution in [-0.2, 0) is 14.8 Å². The minimum absolute atomic E-state index is 0.206. The fourth-order valence-electron chi connectivity index (χ4n) is 1.40. The highest BCUT2D eigenvalue weighted by Gasteiger charge is 2.13. The van der Waals surface area contributed by atoms with Crippen LogP contribution in [-0.4, -0.2) is 39.7 Å². The normalized spacial score (nSPS) is 11.5. The van der Waals surface area contributed by atoms with Gasteiger partial charge in [-0.05, 0) is 19.4 Å². The van der Waals surface area contributed by atoms with Gasteiger partial charge in [0.2, 0.25) is 10.0 Å². The Hall–Kier alpha value is -1.18. The van der Waals surface area contributed by atoms with Crippen LogP contribution in [0.1, 0.15) is 20.3 Å². The van der Waals surface area contributed by atoms with E-state index < -0.39 is 10.0 Å². The molecule has 2 N–H and O–H groups in total. The van der Waals surface area contributed by atoms with Gasteiger partial charge in [0.15, 0.2) is 0 Å². The van der Waals surface area contributed by atoms with Crippen LogP contribution in [0.25, 0.3) is 0 Å². The van der Waals surface area contributed by atoms with Crippen molar-refractivity contribution in [1.29, 1.82) is 0 Å². The molecule has 108 valence electrons. The number of rotatable bonds is 9. The van der Waals surface area contributed by atoms with Crippen molar-refractivity contribution in [2.24, 2.45) is 0 Å². The lowest BCUT2D eigenvalue weighted by Gasteiger charge is -2.08. The van der Waals surface area contributed by atoms with E-state index in [4.69, 9.17) is 4.74 Å². The molecule has 1 rings (SSSR count). The van der Waals surface area contributed by atoms with Gasteiger partial charge < -0.3 is 10.1 Å². The number of anilines is 1. The Morgan fingerprint density at radius 2 is 2.11 bits per heavy atom. The molecule has 0 saturated heterocycles. The van der Waals surface area contributed by atoms with Crippen molar-refractivity contribution in [3.8, 4) is 0 Å². The largest absolute Gasteiger partial charge is 0.380 e. The molecule has 19 heavy (non-hydrogen) atoms. The van der Waals surface area contributed by atoms with Gasteiger partial charge in [-0.2, -0.15) is 0 Å². The van der Waals surface area contributed by atoms with E-state index in [1.165, 1.54) is 18.3 Å². The molecule has 0 spiro atoms. The van der Waals surface area contributed by atoms with Crippen LogP contribution in [0.2, 0.25) is 0 Å². The summed E-state index contributed by atoms with van der Waals surface area (Å²) in [6.07, 6.45) is 2.43. The van der Waals surface area contributed by atoms with Crippen LogP contribution in [0.15, 0.2) is 23.2 Å². The summed E-state index contributed by atoms with van der Waals surface area (Å²) in [5, 5.41) is 3.06. The van der Waals surface area contributed by atoms with E-state index >= 15 is 0 Å². The van der Waals surface area contributed by atoms with Crippen LogP contribution in [0, 0.1) is 0 Å². The second-order valence-electron chi connectivity index (χ2n) is 3.90. The Labute approximate surface area is 114 Å². The first kappa shape index (κ1) is 15.9. The summed E-state index contributed by atoms with van der Waals surface area (Å²) in [5.74, 6) is 0.564. The highest BCUT2D eigenvalue weighted by atomic mass is 32.2. The summed E-state index contributed by atoms with van der Waals surface area (Å²) in [7, 11) is -3.50. The third-order valence-electron chi connectivity index (χ3n) is 2.34. The molecule has 0 amide bonds. The first-order valence-electron chi connectivity index (χ1n) is 6.37. The molecule has 0 aliphatic rings. The van der Waals surface area contributed by atoms with Crippen molar-refractivity contribution in [1.82, 2.24) is 9.71 Å². The van der Waals surface area contributed by atoms with Gasteiger partial charge in [0.25, 0.3) is 0 Å². The molecule has 0 unspecified atom stereocenters. The Morgan fingerprint density at radius 3 is 2.79 bits per heavy atom. The van der Waals surface area contributed by atoms with Crippen molar-refractivity contribution in [3.05, 3.63) is 18.3 Å². The van der Waals surface area contributed by atoms with Crippen molar-refractivity contribution in [2.45, 2.75) is 25.2 Å². The predicted molar refractivity (Wildman–Crippen MR) is 74.7 cm³/mol. The molecular weight excluding hydrogens is 266 g/mol. The fraction of sp³-hybridized carbons (Fsp3) is 0.583. The van der Waals surface area contributed by atoms with Crippen molar-refractivity contribution < 1.29 is 13.2 Å². The molecule has 0 aliphatic heterocycles. The third kappa shape index (κ3) is 5.54. The first-order chi connectivity index (χ1) is 9.10. The van der Waals surface area contributed by atoms with Gasteiger partial charge in [0.05, 0.1) is 11.5 Å². The van der Waals surface area contributed by atoms with Crippen LogP contribution in [0.4, 0.5) is 5.82 Å². The summed E-state index contributed by atoms with van der Waals surface area (Å²) in [4.78, 5) is 4.28. The van der Waals surface area contributed by atoms with Gasteiger partial charge in [-0.3, -0.25) is 0 Å². The van der Waals surface area contributed by atoms with Crippen molar-refractivity contribution in [3.63, 3.8) is 0 Å². The lowest BCUT2D eigenvalue weighted by Crippen LogP contribution is -2.27. The minimum Gasteiger partial charge on any atom is -0.380 e. The second-order valence-corrected chi connectivity index (χ2v) is 5.67. The third-order valence-corrected chi connectivity index (χ3v) is 3.80. The summed E-state index contributed by atoms with van der Waals surface area (Å²) >= 11 is 0. The summed E-state index contributed by atoms with van der Waals surface area (Å²) < 4.78 is 31.6. The van der Waals surface area contributed by atoms with Gasteiger partial charge >= 0.3 is 0 Å². The standard InChI is InChI=1S/C12H21N3O3S/c1-3-6-13-12-10-11(5-7-14-12)19(16,17)15-8-9-18-4-2/h5,7,10,15H,3-4,6,8-9H2,1-2H3,(H,13,14). The number of hydrogen-bond donors (Lipinski definition) is 2. The Balaban J connectivity index is 2.66. The van der Waals surface area contributed by atoms with E-state index in [-0.39, 0.29) is 11.4 Å². The number of sulfonamides is 1. The molecule has 0 saturated carbocycles. The molecule has 1 aromatic rings. The zero-order valence-electron chi connectivity index (χ0n) is 11.3. The van der Waals surface area contributed by atoms with Crippen molar-refractivity contribution >= 4 is 15.8 Å². The maximum Gasteiger partial charge on any atom is 0.240 e. The maximum atomic E-state index is 12.0. The SMILES string of the molecule is CCCNc1cc(S(=O)(=O)NCCOCC)ccn1. The van der Waals surface area contributed by atoms with E-state index in [1.807, 2.05) is 13.8 Å². The minimum atomic E-state index is -3.50. The topological polar surface area (TPSA) is 80.3 Å².